The molecule has 2 aromatic rings. The Kier molecular flexibility index (Phi) is 5.33. The molecule has 2 rings (SSSR count). The molecule has 0 heterocycles. The predicted octanol–water partition coefficient (Wildman–Crippen LogP) is 3.80. The lowest BCUT2D eigenvalue weighted by molar-refractivity contribution is 0.0528. The molecule has 2 atom stereocenters. The van der Waals surface area contributed by atoms with E-state index in [4.69, 9.17) is 0 Å². The van der Waals surface area contributed by atoms with Crippen LogP contribution in [0.15, 0.2) is 60.7 Å². The molecule has 0 fully saturated rings. The number of nitrogens with zero attached hydrogens (tertiary/aromatic N) is 1. The average molecular weight is 269 g/mol. The molecule has 0 spiro atoms. The van der Waals surface area contributed by atoms with Crippen LogP contribution >= 0.6 is 0 Å². The van der Waals surface area contributed by atoms with Crippen molar-refractivity contribution in [3.8, 4) is 0 Å². The Hall–Kier alpha value is -1.64. The Balaban J connectivity index is 2.36. The van der Waals surface area contributed by atoms with E-state index < -0.39 is 6.10 Å². The smallest absolute Gasteiger partial charge is 0.0986 e. The third-order valence-corrected chi connectivity index (χ3v) is 3.79. The zero-order chi connectivity index (χ0) is 14.4. The summed E-state index contributed by atoms with van der Waals surface area (Å²) in [5, 5.41) is 10.8. The van der Waals surface area contributed by atoms with Crippen LogP contribution in [-0.2, 0) is 0 Å². The van der Waals surface area contributed by atoms with Gasteiger partial charge in [-0.05, 0) is 24.2 Å². The number of hydrogen-bond donors (Lipinski definition) is 1. The summed E-state index contributed by atoms with van der Waals surface area (Å²) in [6.07, 6.45) is -0.515. The Labute approximate surface area is 121 Å². The lowest BCUT2D eigenvalue weighted by atomic mass is 9.94. The zero-order valence-corrected chi connectivity index (χ0v) is 12.2. The average Bonchev–Trinajstić information content (AvgIpc) is 2.53. The standard InChI is InChI=1S/C18H23NO/c1-3-19(4-2)17(15-11-7-5-8-12-15)18(20)16-13-9-6-10-14-16/h5-14,17-18,20H,3-4H2,1-2H3/t17-,18-/m0/s1. The van der Waals surface area contributed by atoms with Gasteiger partial charge in [0.1, 0.15) is 0 Å². The van der Waals surface area contributed by atoms with Crippen LogP contribution in [0.2, 0.25) is 0 Å². The number of hydrogen-bond acceptors (Lipinski definition) is 2. The van der Waals surface area contributed by atoms with Gasteiger partial charge in [-0.15, -0.1) is 0 Å². The van der Waals surface area contributed by atoms with Gasteiger partial charge in [-0.2, -0.15) is 0 Å². The molecule has 2 aromatic carbocycles. The van der Waals surface area contributed by atoms with E-state index in [0.717, 1.165) is 24.2 Å². The summed E-state index contributed by atoms with van der Waals surface area (Å²) in [6.45, 7) is 6.11. The van der Waals surface area contributed by atoms with Gasteiger partial charge < -0.3 is 5.11 Å². The van der Waals surface area contributed by atoms with Crippen molar-refractivity contribution < 1.29 is 5.11 Å². The van der Waals surface area contributed by atoms with Crippen LogP contribution in [0.25, 0.3) is 0 Å². The fourth-order valence-corrected chi connectivity index (χ4v) is 2.69. The summed E-state index contributed by atoms with van der Waals surface area (Å²) in [6, 6.07) is 20.2. The minimum Gasteiger partial charge on any atom is -0.386 e. The zero-order valence-electron chi connectivity index (χ0n) is 12.2. The topological polar surface area (TPSA) is 23.5 Å². The molecule has 2 nitrogen and oxygen atoms in total. The van der Waals surface area contributed by atoms with Gasteiger partial charge >= 0.3 is 0 Å². The van der Waals surface area contributed by atoms with Crippen LogP contribution in [0, 0.1) is 0 Å². The van der Waals surface area contributed by atoms with Crippen molar-refractivity contribution in [2.75, 3.05) is 13.1 Å². The molecule has 0 aliphatic rings. The molecule has 2 heteroatoms. The molecule has 0 radical (unpaired) electrons. The van der Waals surface area contributed by atoms with Crippen LogP contribution in [0.5, 0.6) is 0 Å². The lowest BCUT2D eigenvalue weighted by Gasteiger charge is -2.34. The molecule has 1 N–H and O–H groups in total. The van der Waals surface area contributed by atoms with Gasteiger partial charge in [0.15, 0.2) is 0 Å². The fourth-order valence-electron chi connectivity index (χ4n) is 2.69. The first-order valence-electron chi connectivity index (χ1n) is 7.30. The largest absolute Gasteiger partial charge is 0.386 e. The monoisotopic (exact) mass is 269 g/mol. The van der Waals surface area contributed by atoms with E-state index >= 15 is 0 Å². The maximum Gasteiger partial charge on any atom is 0.0986 e. The third kappa shape index (κ3) is 3.27. The van der Waals surface area contributed by atoms with Gasteiger partial charge in [0.2, 0.25) is 0 Å². The van der Waals surface area contributed by atoms with Gasteiger partial charge in [-0.25, -0.2) is 0 Å². The Morgan fingerprint density at radius 2 is 1.25 bits per heavy atom. The molecule has 20 heavy (non-hydrogen) atoms. The van der Waals surface area contributed by atoms with Crippen LogP contribution in [-0.4, -0.2) is 23.1 Å². The Bertz CT molecular complexity index is 493. The molecule has 0 unspecified atom stereocenters. The second-order valence-corrected chi connectivity index (χ2v) is 4.93. The highest BCUT2D eigenvalue weighted by atomic mass is 16.3. The number of aliphatic hydroxyl groups excluding tert-OH is 1. The summed E-state index contributed by atoms with van der Waals surface area (Å²) in [5.74, 6) is 0. The van der Waals surface area contributed by atoms with Crippen molar-refractivity contribution in [3.05, 3.63) is 71.8 Å². The molecule has 0 amide bonds. The van der Waals surface area contributed by atoms with Crippen LogP contribution in [0.3, 0.4) is 0 Å². The molecular formula is C18H23NO. The minimum atomic E-state index is -0.515. The highest BCUT2D eigenvalue weighted by molar-refractivity contribution is 5.26. The Morgan fingerprint density at radius 3 is 1.70 bits per heavy atom. The summed E-state index contributed by atoms with van der Waals surface area (Å²) < 4.78 is 0. The van der Waals surface area contributed by atoms with Crippen LogP contribution in [0.1, 0.15) is 37.1 Å². The van der Waals surface area contributed by atoms with Crippen molar-refractivity contribution in [2.45, 2.75) is 26.0 Å². The van der Waals surface area contributed by atoms with E-state index in [9.17, 15) is 5.11 Å². The molecular weight excluding hydrogens is 246 g/mol. The van der Waals surface area contributed by atoms with E-state index in [1.165, 1.54) is 0 Å². The van der Waals surface area contributed by atoms with E-state index in [0.29, 0.717) is 0 Å². The van der Waals surface area contributed by atoms with Crippen molar-refractivity contribution in [2.24, 2.45) is 0 Å². The number of aliphatic hydroxyl groups is 1. The summed E-state index contributed by atoms with van der Waals surface area (Å²) in [5.41, 5.74) is 2.13. The number of likely N-dealkylation sites (N-methyl/N-ethyl adjacent to an activating group) is 1. The second kappa shape index (κ2) is 7.22. The molecule has 0 saturated heterocycles. The lowest BCUT2D eigenvalue weighted by Crippen LogP contribution is -2.32. The van der Waals surface area contributed by atoms with E-state index in [2.05, 4.69) is 30.9 Å². The van der Waals surface area contributed by atoms with Gasteiger partial charge in [0.05, 0.1) is 12.1 Å². The van der Waals surface area contributed by atoms with Crippen molar-refractivity contribution in [1.82, 2.24) is 4.90 Å². The Morgan fingerprint density at radius 1 is 0.800 bits per heavy atom. The van der Waals surface area contributed by atoms with Gasteiger partial charge in [-0.3, -0.25) is 4.90 Å². The van der Waals surface area contributed by atoms with E-state index in [1.807, 2.05) is 48.5 Å². The summed E-state index contributed by atoms with van der Waals surface area (Å²) in [7, 11) is 0. The molecule has 0 aliphatic heterocycles. The SMILES string of the molecule is CCN(CC)[C@@H](c1ccccc1)[C@@H](O)c1ccccc1. The van der Waals surface area contributed by atoms with Crippen molar-refractivity contribution in [1.29, 1.82) is 0 Å². The fraction of sp³-hybridized carbons (Fsp3) is 0.333. The normalized spacial score (nSPS) is 14.2. The quantitative estimate of drug-likeness (QED) is 0.862. The number of rotatable bonds is 6. The van der Waals surface area contributed by atoms with Crippen molar-refractivity contribution >= 4 is 0 Å². The van der Waals surface area contributed by atoms with Crippen LogP contribution in [0.4, 0.5) is 0 Å². The van der Waals surface area contributed by atoms with Gasteiger partial charge in [0.25, 0.3) is 0 Å². The summed E-state index contributed by atoms with van der Waals surface area (Å²) in [4.78, 5) is 2.30. The van der Waals surface area contributed by atoms with E-state index in [-0.39, 0.29) is 6.04 Å². The molecule has 0 saturated carbocycles. The molecule has 0 bridgehead atoms. The van der Waals surface area contributed by atoms with Crippen LogP contribution < -0.4 is 0 Å². The number of benzene rings is 2. The first kappa shape index (κ1) is 14.8. The summed E-state index contributed by atoms with van der Waals surface area (Å²) >= 11 is 0. The third-order valence-electron chi connectivity index (χ3n) is 3.79. The first-order chi connectivity index (χ1) is 9.77. The molecule has 106 valence electrons. The molecule has 0 aliphatic carbocycles. The first-order valence-corrected chi connectivity index (χ1v) is 7.30. The van der Waals surface area contributed by atoms with Gasteiger partial charge in [-0.1, -0.05) is 74.5 Å². The maximum absolute atomic E-state index is 10.8. The van der Waals surface area contributed by atoms with Gasteiger partial charge in [0, 0.05) is 0 Å². The second-order valence-electron chi connectivity index (χ2n) is 4.93. The predicted molar refractivity (Wildman–Crippen MR) is 83.5 cm³/mol. The van der Waals surface area contributed by atoms with Crippen molar-refractivity contribution in [3.63, 3.8) is 0 Å². The molecule has 0 aromatic heterocycles. The highest BCUT2D eigenvalue weighted by Crippen LogP contribution is 2.33. The maximum atomic E-state index is 10.8. The highest BCUT2D eigenvalue weighted by Gasteiger charge is 2.26. The minimum absolute atomic E-state index is 0.00593. The van der Waals surface area contributed by atoms with E-state index in [1.54, 1.807) is 0 Å².